The normalized spacial score (nSPS) is 10.4. The van der Waals surface area contributed by atoms with Gasteiger partial charge >= 0.3 is 6.03 Å². The highest BCUT2D eigenvalue weighted by molar-refractivity contribution is 9.11. The molecular weight excluding hydrogens is 406 g/mol. The van der Waals surface area contributed by atoms with Crippen LogP contribution in [0.2, 0.25) is 0 Å². The summed E-state index contributed by atoms with van der Waals surface area (Å²) in [7, 11) is 1.74. The number of rotatable bonds is 3. The highest BCUT2D eigenvalue weighted by Crippen LogP contribution is 2.32. The van der Waals surface area contributed by atoms with Gasteiger partial charge in [-0.3, -0.25) is 0 Å². The van der Waals surface area contributed by atoms with Gasteiger partial charge < -0.3 is 10.2 Å². The molecule has 20 heavy (non-hydrogen) atoms. The zero-order chi connectivity index (χ0) is 14.7. The Bertz CT molecular complexity index is 593. The van der Waals surface area contributed by atoms with Crippen molar-refractivity contribution >= 4 is 54.9 Å². The molecule has 0 radical (unpaired) electrons. The molecule has 0 aliphatic heterocycles. The summed E-state index contributed by atoms with van der Waals surface area (Å²) in [4.78, 5) is 17.9. The van der Waals surface area contributed by atoms with E-state index >= 15 is 0 Å². The van der Waals surface area contributed by atoms with Gasteiger partial charge in [0.15, 0.2) is 0 Å². The molecule has 0 aliphatic carbocycles. The molecular formula is C13H13Br2N3OS. The van der Waals surface area contributed by atoms with Crippen molar-refractivity contribution in [3.05, 3.63) is 43.2 Å². The molecule has 4 nitrogen and oxygen atoms in total. The van der Waals surface area contributed by atoms with Crippen LogP contribution < -0.4 is 5.32 Å². The highest BCUT2D eigenvalue weighted by atomic mass is 79.9. The number of halogens is 2. The van der Waals surface area contributed by atoms with Crippen molar-refractivity contribution in [1.82, 2.24) is 9.88 Å². The third-order valence-electron chi connectivity index (χ3n) is 2.62. The van der Waals surface area contributed by atoms with Crippen molar-refractivity contribution < 1.29 is 4.79 Å². The second kappa shape index (κ2) is 6.69. The zero-order valence-corrected chi connectivity index (χ0v) is 15.0. The van der Waals surface area contributed by atoms with E-state index in [9.17, 15) is 4.79 Å². The summed E-state index contributed by atoms with van der Waals surface area (Å²) in [6.07, 6.45) is 1.74. The molecule has 0 aliphatic rings. The van der Waals surface area contributed by atoms with Crippen LogP contribution in [0.25, 0.3) is 0 Å². The van der Waals surface area contributed by atoms with Crippen molar-refractivity contribution in [2.45, 2.75) is 13.5 Å². The van der Waals surface area contributed by atoms with Crippen LogP contribution in [0, 0.1) is 6.92 Å². The standard InChI is InChI=1S/C13H13Br2N3OS/c1-8-5-9(14)12(10(15)6-8)17-13(19)18(2)7-11-16-3-4-20-11/h3-6H,7H2,1-2H3,(H,17,19). The summed E-state index contributed by atoms with van der Waals surface area (Å²) >= 11 is 8.46. The van der Waals surface area contributed by atoms with Crippen molar-refractivity contribution in [3.63, 3.8) is 0 Å². The number of anilines is 1. The molecule has 1 aromatic heterocycles. The first kappa shape index (κ1) is 15.5. The summed E-state index contributed by atoms with van der Waals surface area (Å²) in [6, 6.07) is 3.74. The maximum atomic E-state index is 12.2. The van der Waals surface area contributed by atoms with E-state index in [1.165, 1.54) is 11.3 Å². The van der Waals surface area contributed by atoms with Gasteiger partial charge in [0.25, 0.3) is 0 Å². The SMILES string of the molecule is Cc1cc(Br)c(NC(=O)N(C)Cc2nccs2)c(Br)c1. The van der Waals surface area contributed by atoms with Gasteiger partial charge in [0.1, 0.15) is 5.01 Å². The summed E-state index contributed by atoms with van der Waals surface area (Å²) in [5, 5.41) is 5.69. The van der Waals surface area contributed by atoms with Crippen molar-refractivity contribution in [1.29, 1.82) is 0 Å². The van der Waals surface area contributed by atoms with Crippen LogP contribution in [0.3, 0.4) is 0 Å². The van der Waals surface area contributed by atoms with E-state index in [-0.39, 0.29) is 6.03 Å². The third-order valence-corrected chi connectivity index (χ3v) is 4.64. The van der Waals surface area contributed by atoms with Gasteiger partial charge in [-0.15, -0.1) is 11.3 Å². The molecule has 1 N–H and O–H groups in total. The number of aryl methyl sites for hydroxylation is 1. The van der Waals surface area contributed by atoms with E-state index in [2.05, 4.69) is 42.2 Å². The van der Waals surface area contributed by atoms with E-state index in [0.717, 1.165) is 25.2 Å². The van der Waals surface area contributed by atoms with Crippen LogP contribution in [0.1, 0.15) is 10.6 Å². The highest BCUT2D eigenvalue weighted by Gasteiger charge is 2.14. The molecule has 0 bridgehead atoms. The number of hydrogen-bond donors (Lipinski definition) is 1. The molecule has 0 saturated heterocycles. The van der Waals surface area contributed by atoms with Gasteiger partial charge in [0.2, 0.25) is 0 Å². The number of thiazole rings is 1. The Labute approximate surface area is 138 Å². The fourth-order valence-corrected chi connectivity index (χ4v) is 3.91. The first-order chi connectivity index (χ1) is 9.47. The quantitative estimate of drug-likeness (QED) is 0.788. The maximum absolute atomic E-state index is 12.2. The number of urea groups is 1. The van der Waals surface area contributed by atoms with Gasteiger partial charge in [0.05, 0.1) is 12.2 Å². The van der Waals surface area contributed by atoms with E-state index in [4.69, 9.17) is 0 Å². The van der Waals surface area contributed by atoms with Crippen molar-refractivity contribution in [2.75, 3.05) is 12.4 Å². The van der Waals surface area contributed by atoms with E-state index < -0.39 is 0 Å². The minimum Gasteiger partial charge on any atom is -0.321 e. The minimum absolute atomic E-state index is 0.176. The largest absolute Gasteiger partial charge is 0.322 e. The lowest BCUT2D eigenvalue weighted by Crippen LogP contribution is -2.31. The van der Waals surface area contributed by atoms with Crippen molar-refractivity contribution in [3.8, 4) is 0 Å². The van der Waals surface area contributed by atoms with E-state index in [1.54, 1.807) is 18.1 Å². The lowest BCUT2D eigenvalue weighted by Gasteiger charge is -2.18. The van der Waals surface area contributed by atoms with Crippen molar-refractivity contribution in [2.24, 2.45) is 0 Å². The molecule has 0 saturated carbocycles. The molecule has 2 amide bonds. The fraction of sp³-hybridized carbons (Fsp3) is 0.231. The Morgan fingerprint density at radius 2 is 2.05 bits per heavy atom. The number of aromatic nitrogens is 1. The molecule has 2 aromatic rings. The molecule has 0 spiro atoms. The number of hydrogen-bond acceptors (Lipinski definition) is 3. The van der Waals surface area contributed by atoms with Crippen LogP contribution in [-0.2, 0) is 6.54 Å². The zero-order valence-electron chi connectivity index (χ0n) is 11.0. The molecule has 1 aromatic carbocycles. The van der Waals surface area contributed by atoms with Gasteiger partial charge in [-0.25, -0.2) is 9.78 Å². The first-order valence-electron chi connectivity index (χ1n) is 5.83. The lowest BCUT2D eigenvalue weighted by molar-refractivity contribution is 0.220. The Balaban J connectivity index is 2.08. The van der Waals surface area contributed by atoms with Gasteiger partial charge in [-0.2, -0.15) is 0 Å². The first-order valence-corrected chi connectivity index (χ1v) is 8.30. The third kappa shape index (κ3) is 3.80. The van der Waals surface area contributed by atoms with E-state index in [1.807, 2.05) is 24.4 Å². The number of carbonyl (C=O) groups is 1. The summed E-state index contributed by atoms with van der Waals surface area (Å²) in [6.45, 7) is 2.49. The van der Waals surface area contributed by atoms with Crippen LogP contribution >= 0.6 is 43.2 Å². The Kier molecular flexibility index (Phi) is 5.17. The van der Waals surface area contributed by atoms with Gasteiger partial charge in [-0.1, -0.05) is 0 Å². The number of nitrogens with one attached hydrogen (secondary N) is 1. The molecule has 1 heterocycles. The number of carbonyl (C=O) groups excluding carboxylic acids is 1. The smallest absolute Gasteiger partial charge is 0.321 e. The molecule has 0 fully saturated rings. The molecule has 2 rings (SSSR count). The predicted octanol–water partition coefficient (Wildman–Crippen LogP) is 4.64. The fourth-order valence-electron chi connectivity index (χ4n) is 1.63. The van der Waals surface area contributed by atoms with Gasteiger partial charge in [-0.05, 0) is 56.5 Å². The van der Waals surface area contributed by atoms with E-state index in [0.29, 0.717) is 6.54 Å². The Hall–Kier alpha value is -0.920. The molecule has 106 valence electrons. The molecule has 7 heteroatoms. The Morgan fingerprint density at radius 1 is 1.40 bits per heavy atom. The monoisotopic (exact) mass is 417 g/mol. The number of benzene rings is 1. The summed E-state index contributed by atoms with van der Waals surface area (Å²) in [5.41, 5.74) is 1.84. The van der Waals surface area contributed by atoms with Crippen LogP contribution in [-0.4, -0.2) is 23.0 Å². The summed E-state index contributed by atoms with van der Waals surface area (Å²) in [5.74, 6) is 0. The number of nitrogens with zero attached hydrogens (tertiary/aromatic N) is 2. The molecule has 0 atom stereocenters. The van der Waals surface area contributed by atoms with Gasteiger partial charge in [0, 0.05) is 27.6 Å². The van der Waals surface area contributed by atoms with Crippen LogP contribution in [0.4, 0.5) is 10.5 Å². The van der Waals surface area contributed by atoms with Crippen LogP contribution in [0.15, 0.2) is 32.7 Å². The summed E-state index contributed by atoms with van der Waals surface area (Å²) < 4.78 is 1.70. The average molecular weight is 419 g/mol. The topological polar surface area (TPSA) is 45.2 Å². The second-order valence-corrected chi connectivity index (χ2v) is 7.00. The molecule has 0 unspecified atom stereocenters. The van der Waals surface area contributed by atoms with Crippen LogP contribution in [0.5, 0.6) is 0 Å². The maximum Gasteiger partial charge on any atom is 0.322 e. The minimum atomic E-state index is -0.176. The number of amides is 2. The lowest BCUT2D eigenvalue weighted by atomic mass is 10.2. The second-order valence-electron chi connectivity index (χ2n) is 4.32. The predicted molar refractivity (Wildman–Crippen MR) is 89.2 cm³/mol. The Morgan fingerprint density at radius 3 is 2.60 bits per heavy atom. The average Bonchev–Trinajstić information content (AvgIpc) is 2.86.